The lowest BCUT2D eigenvalue weighted by Gasteiger charge is -2.32. The molecule has 1 atom stereocenters. The maximum Gasteiger partial charge on any atom is 0.350 e. The molecule has 1 unspecified atom stereocenters. The van der Waals surface area contributed by atoms with Crippen molar-refractivity contribution in [2.75, 3.05) is 13.1 Å². The highest BCUT2D eigenvalue weighted by molar-refractivity contribution is 7.89. The molecule has 32 heavy (non-hydrogen) atoms. The summed E-state index contributed by atoms with van der Waals surface area (Å²) < 4.78 is 30.2. The molecule has 0 radical (unpaired) electrons. The number of carbonyl (C=O) groups excluding carboxylic acids is 1. The van der Waals surface area contributed by atoms with Gasteiger partial charge in [0.05, 0.1) is 4.90 Å². The van der Waals surface area contributed by atoms with Gasteiger partial charge in [-0.3, -0.25) is 9.20 Å². The van der Waals surface area contributed by atoms with E-state index in [-0.39, 0.29) is 22.5 Å². The fourth-order valence-corrected chi connectivity index (χ4v) is 5.69. The molecule has 2 aromatic heterocycles. The summed E-state index contributed by atoms with van der Waals surface area (Å²) in [6, 6.07) is 11.4. The van der Waals surface area contributed by atoms with Gasteiger partial charge in [-0.2, -0.15) is 4.31 Å². The van der Waals surface area contributed by atoms with E-state index in [0.29, 0.717) is 37.3 Å². The minimum atomic E-state index is -3.56. The van der Waals surface area contributed by atoms with Crippen molar-refractivity contribution >= 4 is 21.6 Å². The zero-order valence-electron chi connectivity index (χ0n) is 18.0. The quantitative estimate of drug-likeness (QED) is 0.546. The molecule has 0 aliphatic carbocycles. The van der Waals surface area contributed by atoms with Crippen molar-refractivity contribution in [1.29, 1.82) is 0 Å². The maximum atomic E-state index is 12.9. The Labute approximate surface area is 186 Å². The van der Waals surface area contributed by atoms with Crippen molar-refractivity contribution in [3.8, 4) is 0 Å². The minimum absolute atomic E-state index is 0.0165. The summed E-state index contributed by atoms with van der Waals surface area (Å²) in [4.78, 5) is 24.9. The molecule has 0 bridgehead atoms. The van der Waals surface area contributed by atoms with Crippen LogP contribution in [0.1, 0.15) is 43.0 Å². The van der Waals surface area contributed by atoms with E-state index >= 15 is 0 Å². The van der Waals surface area contributed by atoms with Gasteiger partial charge in [0.15, 0.2) is 5.65 Å². The van der Waals surface area contributed by atoms with E-state index in [4.69, 9.17) is 0 Å². The van der Waals surface area contributed by atoms with Crippen LogP contribution in [0.5, 0.6) is 0 Å². The Kier molecular flexibility index (Phi) is 6.43. The van der Waals surface area contributed by atoms with E-state index in [1.165, 1.54) is 33.3 Å². The zero-order valence-corrected chi connectivity index (χ0v) is 18.8. The molecule has 1 saturated heterocycles. The van der Waals surface area contributed by atoms with Gasteiger partial charge in [0.25, 0.3) is 5.91 Å². The first-order valence-electron chi connectivity index (χ1n) is 10.8. The smallest absolute Gasteiger partial charge is 0.350 e. The average Bonchev–Trinajstić information content (AvgIpc) is 3.12. The van der Waals surface area contributed by atoms with Crippen LogP contribution in [0, 0.1) is 0 Å². The van der Waals surface area contributed by atoms with Crippen LogP contribution in [-0.4, -0.2) is 51.9 Å². The van der Waals surface area contributed by atoms with Crippen molar-refractivity contribution in [2.45, 2.75) is 50.1 Å². The lowest BCUT2D eigenvalue weighted by atomic mass is 10.1. The van der Waals surface area contributed by atoms with E-state index in [0.717, 1.165) is 19.3 Å². The number of aryl methyl sites for hydroxylation is 1. The molecule has 3 aromatic rings. The van der Waals surface area contributed by atoms with Gasteiger partial charge < -0.3 is 5.32 Å². The highest BCUT2D eigenvalue weighted by Gasteiger charge is 2.30. The molecule has 4 rings (SSSR count). The van der Waals surface area contributed by atoms with E-state index in [1.54, 1.807) is 22.6 Å². The van der Waals surface area contributed by atoms with Crippen LogP contribution in [0.4, 0.5) is 0 Å². The number of hydrogen-bond acceptors (Lipinski definition) is 5. The summed E-state index contributed by atoms with van der Waals surface area (Å²) in [7, 11) is -3.56. The SMILES string of the molecule is CC1CCCCN1S(=O)(=O)c1ccc(C(=O)NCCCn2nc3ccccn3c2=O)cc1. The van der Waals surface area contributed by atoms with Crippen LogP contribution in [0.2, 0.25) is 0 Å². The highest BCUT2D eigenvalue weighted by Crippen LogP contribution is 2.25. The van der Waals surface area contributed by atoms with Crippen molar-refractivity contribution in [1.82, 2.24) is 23.8 Å². The van der Waals surface area contributed by atoms with Gasteiger partial charge >= 0.3 is 5.69 Å². The number of amides is 1. The van der Waals surface area contributed by atoms with Gasteiger partial charge in [0, 0.05) is 37.4 Å². The van der Waals surface area contributed by atoms with E-state index < -0.39 is 10.0 Å². The first-order chi connectivity index (χ1) is 15.4. The summed E-state index contributed by atoms with van der Waals surface area (Å²) >= 11 is 0. The molecule has 1 N–H and O–H groups in total. The largest absolute Gasteiger partial charge is 0.352 e. The third kappa shape index (κ3) is 4.46. The zero-order chi connectivity index (χ0) is 22.7. The highest BCUT2D eigenvalue weighted by atomic mass is 32.2. The lowest BCUT2D eigenvalue weighted by Crippen LogP contribution is -2.41. The molecule has 0 spiro atoms. The number of fused-ring (bicyclic) bond motifs is 1. The summed E-state index contributed by atoms with van der Waals surface area (Å²) in [6.45, 7) is 3.20. The van der Waals surface area contributed by atoms with Gasteiger partial charge in [-0.15, -0.1) is 5.10 Å². The average molecular weight is 458 g/mol. The second-order valence-corrected chi connectivity index (χ2v) is 9.92. The molecule has 0 saturated carbocycles. The normalized spacial score (nSPS) is 17.5. The number of pyridine rings is 1. The molecule has 10 heteroatoms. The van der Waals surface area contributed by atoms with Crippen LogP contribution in [0.15, 0.2) is 58.4 Å². The van der Waals surface area contributed by atoms with Crippen LogP contribution >= 0.6 is 0 Å². The molecule has 170 valence electrons. The van der Waals surface area contributed by atoms with Gasteiger partial charge in [0.1, 0.15) is 0 Å². The summed E-state index contributed by atoms with van der Waals surface area (Å²) in [5.74, 6) is -0.289. The predicted molar refractivity (Wildman–Crippen MR) is 120 cm³/mol. The maximum absolute atomic E-state index is 12.9. The second kappa shape index (κ2) is 9.25. The Morgan fingerprint density at radius 1 is 1.16 bits per heavy atom. The first kappa shape index (κ1) is 22.2. The Bertz CT molecular complexity index is 1260. The van der Waals surface area contributed by atoms with E-state index in [2.05, 4.69) is 10.4 Å². The number of nitrogens with one attached hydrogen (secondary N) is 1. The number of aromatic nitrogens is 3. The Balaban J connectivity index is 1.33. The molecule has 1 aliphatic rings. The van der Waals surface area contributed by atoms with Gasteiger partial charge in [0.2, 0.25) is 10.0 Å². The monoisotopic (exact) mass is 457 g/mol. The Morgan fingerprint density at radius 3 is 2.66 bits per heavy atom. The van der Waals surface area contributed by atoms with Crippen LogP contribution in [0.3, 0.4) is 0 Å². The summed E-state index contributed by atoms with van der Waals surface area (Å²) in [5, 5.41) is 7.06. The molecule has 9 nitrogen and oxygen atoms in total. The second-order valence-electron chi connectivity index (χ2n) is 8.03. The molecule has 3 heterocycles. The molecule has 1 amide bonds. The third-order valence-electron chi connectivity index (χ3n) is 5.79. The van der Waals surface area contributed by atoms with Crippen molar-refractivity contribution in [2.24, 2.45) is 0 Å². The Morgan fingerprint density at radius 2 is 1.94 bits per heavy atom. The first-order valence-corrected chi connectivity index (χ1v) is 12.3. The predicted octanol–water partition coefficient (Wildman–Crippen LogP) is 1.88. The van der Waals surface area contributed by atoms with Crippen LogP contribution in [0.25, 0.3) is 5.65 Å². The topological polar surface area (TPSA) is 106 Å². The fraction of sp³-hybridized carbons (Fsp3) is 0.409. The van der Waals surface area contributed by atoms with E-state index in [1.807, 2.05) is 13.0 Å². The van der Waals surface area contributed by atoms with E-state index in [9.17, 15) is 18.0 Å². The van der Waals surface area contributed by atoms with Gasteiger partial charge in [-0.25, -0.2) is 17.9 Å². The molecule has 1 aromatic carbocycles. The number of nitrogens with zero attached hydrogens (tertiary/aromatic N) is 4. The number of hydrogen-bond donors (Lipinski definition) is 1. The standard InChI is InChI=1S/C22H27N5O4S/c1-17-7-2-5-16-27(17)32(30,31)19-11-9-18(10-12-19)21(28)23-13-6-15-26-22(29)25-14-4-3-8-20(25)24-26/h3-4,8-12,14,17H,2,5-7,13,15-16H2,1H3,(H,23,28). The van der Waals surface area contributed by atoms with Gasteiger partial charge in [-0.1, -0.05) is 12.5 Å². The van der Waals surface area contributed by atoms with Crippen LogP contribution in [-0.2, 0) is 16.6 Å². The van der Waals surface area contributed by atoms with Crippen molar-refractivity contribution in [3.05, 3.63) is 64.7 Å². The Hall–Kier alpha value is -2.98. The van der Waals surface area contributed by atoms with Crippen molar-refractivity contribution in [3.63, 3.8) is 0 Å². The summed E-state index contributed by atoms with van der Waals surface area (Å²) in [6.07, 6.45) is 4.97. The number of benzene rings is 1. The van der Waals surface area contributed by atoms with Crippen LogP contribution < -0.4 is 11.0 Å². The third-order valence-corrected chi connectivity index (χ3v) is 7.81. The molecule has 1 fully saturated rings. The fourth-order valence-electron chi connectivity index (χ4n) is 3.99. The number of piperidine rings is 1. The number of sulfonamides is 1. The van der Waals surface area contributed by atoms with Crippen molar-refractivity contribution < 1.29 is 13.2 Å². The molecular weight excluding hydrogens is 430 g/mol. The molecule has 1 aliphatic heterocycles. The molecular formula is C22H27N5O4S. The number of carbonyl (C=O) groups is 1. The minimum Gasteiger partial charge on any atom is -0.352 e. The van der Waals surface area contributed by atoms with Gasteiger partial charge in [-0.05, 0) is 62.6 Å². The number of rotatable bonds is 7. The summed E-state index contributed by atoms with van der Waals surface area (Å²) in [5.41, 5.74) is 0.753. The lowest BCUT2D eigenvalue weighted by molar-refractivity contribution is 0.0952.